The molecule has 1 saturated carbocycles. The van der Waals surface area contributed by atoms with Crippen molar-refractivity contribution < 1.29 is 9.90 Å². The van der Waals surface area contributed by atoms with Gasteiger partial charge in [-0.2, -0.15) is 0 Å². The van der Waals surface area contributed by atoms with E-state index in [1.54, 1.807) is 25.1 Å². The molecule has 116 valence electrons. The van der Waals surface area contributed by atoms with E-state index in [0.717, 1.165) is 12.8 Å². The van der Waals surface area contributed by atoms with Crippen LogP contribution in [0.25, 0.3) is 0 Å². The van der Waals surface area contributed by atoms with Gasteiger partial charge in [0.1, 0.15) is 0 Å². The van der Waals surface area contributed by atoms with Crippen molar-refractivity contribution in [1.29, 1.82) is 0 Å². The summed E-state index contributed by atoms with van der Waals surface area (Å²) in [6, 6.07) is 4.58. The van der Waals surface area contributed by atoms with E-state index in [1.165, 1.54) is 0 Å². The van der Waals surface area contributed by atoms with Gasteiger partial charge in [0, 0.05) is 11.6 Å². The van der Waals surface area contributed by atoms with Crippen LogP contribution in [0.4, 0.5) is 5.69 Å². The SMILES string of the molecule is CC(C(=O)Nc1ccc(Cl)cc1Cl)N(C)CC(O)C1CC1. The second kappa shape index (κ2) is 6.97. The van der Waals surface area contributed by atoms with Gasteiger partial charge < -0.3 is 10.4 Å². The van der Waals surface area contributed by atoms with Gasteiger partial charge in [-0.25, -0.2) is 0 Å². The van der Waals surface area contributed by atoms with Gasteiger partial charge in [-0.1, -0.05) is 23.2 Å². The monoisotopic (exact) mass is 330 g/mol. The average molecular weight is 331 g/mol. The molecule has 2 unspecified atom stereocenters. The van der Waals surface area contributed by atoms with Crippen LogP contribution in [-0.2, 0) is 4.79 Å². The number of nitrogens with one attached hydrogen (secondary N) is 1. The lowest BCUT2D eigenvalue weighted by atomic mass is 10.2. The molecule has 1 aromatic carbocycles. The number of rotatable bonds is 6. The molecule has 4 nitrogen and oxygen atoms in total. The molecule has 0 radical (unpaired) electrons. The second-order valence-electron chi connectivity index (χ2n) is 5.63. The van der Waals surface area contributed by atoms with Crippen LogP contribution in [0, 0.1) is 5.92 Å². The molecule has 0 aliphatic heterocycles. The van der Waals surface area contributed by atoms with Crippen molar-refractivity contribution in [2.24, 2.45) is 5.92 Å². The van der Waals surface area contributed by atoms with Crippen LogP contribution in [0.1, 0.15) is 19.8 Å². The van der Waals surface area contributed by atoms with Gasteiger partial charge in [-0.15, -0.1) is 0 Å². The van der Waals surface area contributed by atoms with E-state index in [0.29, 0.717) is 28.2 Å². The summed E-state index contributed by atoms with van der Waals surface area (Å²) in [6.45, 7) is 2.30. The number of carbonyl (C=O) groups excluding carboxylic acids is 1. The third-order valence-corrected chi connectivity index (χ3v) is 4.42. The molecule has 6 heteroatoms. The normalized spacial score (nSPS) is 17.6. The van der Waals surface area contributed by atoms with Crippen LogP contribution >= 0.6 is 23.2 Å². The summed E-state index contributed by atoms with van der Waals surface area (Å²) in [5.74, 6) is 0.234. The average Bonchev–Trinajstić information content (AvgIpc) is 3.25. The quantitative estimate of drug-likeness (QED) is 0.842. The number of hydrogen-bond donors (Lipinski definition) is 2. The van der Waals surface area contributed by atoms with E-state index in [-0.39, 0.29) is 18.1 Å². The molecule has 0 heterocycles. The molecule has 0 spiro atoms. The lowest BCUT2D eigenvalue weighted by Gasteiger charge is -2.26. The Morgan fingerprint density at radius 2 is 2.14 bits per heavy atom. The lowest BCUT2D eigenvalue weighted by molar-refractivity contribution is -0.120. The number of amides is 1. The summed E-state index contributed by atoms with van der Waals surface area (Å²) in [7, 11) is 1.83. The standard InChI is InChI=1S/C15H20Cl2N2O2/c1-9(19(2)8-14(20)10-3-4-10)15(21)18-13-6-5-11(16)7-12(13)17/h5-7,9-10,14,20H,3-4,8H2,1-2H3,(H,18,21). The third kappa shape index (κ3) is 4.58. The van der Waals surface area contributed by atoms with Crippen LogP contribution in [0.5, 0.6) is 0 Å². The fourth-order valence-corrected chi connectivity index (χ4v) is 2.57. The van der Waals surface area contributed by atoms with Crippen molar-refractivity contribution in [2.45, 2.75) is 31.9 Å². The number of nitrogens with zero attached hydrogens (tertiary/aromatic N) is 1. The minimum Gasteiger partial charge on any atom is -0.392 e. The number of benzene rings is 1. The maximum atomic E-state index is 12.2. The molecular weight excluding hydrogens is 311 g/mol. The maximum Gasteiger partial charge on any atom is 0.241 e. The summed E-state index contributed by atoms with van der Waals surface area (Å²) in [6.07, 6.45) is 1.80. The Labute approximate surface area is 135 Å². The van der Waals surface area contributed by atoms with Crippen molar-refractivity contribution in [3.63, 3.8) is 0 Å². The van der Waals surface area contributed by atoms with E-state index < -0.39 is 0 Å². The van der Waals surface area contributed by atoms with Crippen molar-refractivity contribution in [1.82, 2.24) is 4.90 Å². The summed E-state index contributed by atoms with van der Waals surface area (Å²) in [5.41, 5.74) is 0.536. The fraction of sp³-hybridized carbons (Fsp3) is 0.533. The highest BCUT2D eigenvalue weighted by Gasteiger charge is 2.31. The van der Waals surface area contributed by atoms with Gasteiger partial charge in [0.05, 0.1) is 22.9 Å². The number of hydrogen-bond acceptors (Lipinski definition) is 3. The molecule has 2 rings (SSSR count). The van der Waals surface area contributed by atoms with Gasteiger partial charge in [0.15, 0.2) is 0 Å². The molecule has 1 aromatic rings. The first-order valence-electron chi connectivity index (χ1n) is 7.02. The topological polar surface area (TPSA) is 52.6 Å². The van der Waals surface area contributed by atoms with E-state index in [4.69, 9.17) is 23.2 Å². The summed E-state index contributed by atoms with van der Waals surface area (Å²) < 4.78 is 0. The zero-order valence-electron chi connectivity index (χ0n) is 12.1. The molecule has 0 saturated heterocycles. The van der Waals surface area contributed by atoms with E-state index in [2.05, 4.69) is 5.32 Å². The maximum absolute atomic E-state index is 12.2. The highest BCUT2D eigenvalue weighted by molar-refractivity contribution is 6.36. The molecule has 21 heavy (non-hydrogen) atoms. The van der Waals surface area contributed by atoms with E-state index >= 15 is 0 Å². The lowest BCUT2D eigenvalue weighted by Crippen LogP contribution is -2.43. The second-order valence-corrected chi connectivity index (χ2v) is 6.48. The molecule has 1 fully saturated rings. The van der Waals surface area contributed by atoms with Gasteiger partial charge in [-0.3, -0.25) is 9.69 Å². The Morgan fingerprint density at radius 1 is 1.48 bits per heavy atom. The van der Waals surface area contributed by atoms with Crippen molar-refractivity contribution in [2.75, 3.05) is 18.9 Å². The largest absolute Gasteiger partial charge is 0.392 e. The number of halogens is 2. The van der Waals surface area contributed by atoms with Crippen LogP contribution in [0.2, 0.25) is 10.0 Å². The summed E-state index contributed by atoms with van der Waals surface area (Å²) >= 11 is 11.9. The molecule has 2 N–H and O–H groups in total. The zero-order valence-corrected chi connectivity index (χ0v) is 13.7. The smallest absolute Gasteiger partial charge is 0.241 e. The van der Waals surface area contributed by atoms with Crippen LogP contribution in [0.3, 0.4) is 0 Å². The Bertz CT molecular complexity index is 520. The summed E-state index contributed by atoms with van der Waals surface area (Å²) in [4.78, 5) is 14.1. The van der Waals surface area contributed by atoms with E-state index in [1.807, 2.05) is 11.9 Å². The molecule has 2 atom stereocenters. The Morgan fingerprint density at radius 3 is 2.71 bits per heavy atom. The van der Waals surface area contributed by atoms with Gasteiger partial charge >= 0.3 is 0 Å². The highest BCUT2D eigenvalue weighted by atomic mass is 35.5. The number of carbonyl (C=O) groups is 1. The summed E-state index contributed by atoms with van der Waals surface area (Å²) in [5, 5.41) is 13.7. The first-order chi connectivity index (χ1) is 9.88. The van der Waals surface area contributed by atoms with E-state index in [9.17, 15) is 9.90 Å². The van der Waals surface area contributed by atoms with Gasteiger partial charge in [-0.05, 0) is 50.9 Å². The first-order valence-corrected chi connectivity index (χ1v) is 7.78. The Balaban J connectivity index is 1.91. The Hall–Kier alpha value is -0.810. The van der Waals surface area contributed by atoms with Crippen LogP contribution in [-0.4, -0.2) is 41.7 Å². The van der Waals surface area contributed by atoms with Crippen molar-refractivity contribution >= 4 is 34.8 Å². The Kier molecular flexibility index (Phi) is 5.49. The first kappa shape index (κ1) is 16.6. The van der Waals surface area contributed by atoms with Crippen LogP contribution < -0.4 is 5.32 Å². The molecule has 1 aliphatic rings. The van der Waals surface area contributed by atoms with Gasteiger partial charge in [0.2, 0.25) is 5.91 Å². The number of aliphatic hydroxyl groups is 1. The highest BCUT2D eigenvalue weighted by Crippen LogP contribution is 2.33. The number of anilines is 1. The third-order valence-electron chi connectivity index (χ3n) is 3.87. The number of likely N-dealkylation sites (N-methyl/N-ethyl adjacent to an activating group) is 1. The minimum atomic E-state index is -0.357. The predicted molar refractivity (Wildman–Crippen MR) is 85.9 cm³/mol. The van der Waals surface area contributed by atoms with Crippen molar-refractivity contribution in [3.05, 3.63) is 28.2 Å². The minimum absolute atomic E-state index is 0.162. The fourth-order valence-electron chi connectivity index (χ4n) is 2.11. The molecule has 0 aromatic heterocycles. The molecule has 1 aliphatic carbocycles. The zero-order chi connectivity index (χ0) is 15.6. The molecule has 1 amide bonds. The number of aliphatic hydroxyl groups excluding tert-OH is 1. The van der Waals surface area contributed by atoms with Crippen LogP contribution in [0.15, 0.2) is 18.2 Å². The molecule has 0 bridgehead atoms. The van der Waals surface area contributed by atoms with Crippen molar-refractivity contribution in [3.8, 4) is 0 Å². The predicted octanol–water partition coefficient (Wildman–Crippen LogP) is 3.02. The van der Waals surface area contributed by atoms with Gasteiger partial charge in [0.25, 0.3) is 0 Å². The molecular formula is C15H20Cl2N2O2.